The summed E-state index contributed by atoms with van der Waals surface area (Å²) < 4.78 is 11.8. The highest BCUT2D eigenvalue weighted by molar-refractivity contribution is 5.74. The fourth-order valence-corrected chi connectivity index (χ4v) is 3.34. The van der Waals surface area contributed by atoms with Crippen LogP contribution in [0.15, 0.2) is 46.1 Å². The van der Waals surface area contributed by atoms with Crippen LogP contribution in [0.25, 0.3) is 0 Å². The fraction of sp³-hybridized carbons (Fsp3) is 0.421. The smallest absolute Gasteiger partial charge is 0.330 e. The van der Waals surface area contributed by atoms with E-state index in [2.05, 4.69) is 4.98 Å². The van der Waals surface area contributed by atoms with Crippen molar-refractivity contribution in [3.05, 3.63) is 62.9 Å². The van der Waals surface area contributed by atoms with Gasteiger partial charge in [0, 0.05) is 19.9 Å². The van der Waals surface area contributed by atoms with Crippen molar-refractivity contribution in [2.75, 3.05) is 25.2 Å². The molecule has 2 heterocycles. The summed E-state index contributed by atoms with van der Waals surface area (Å²) in [5.74, 6) is 0. The van der Waals surface area contributed by atoms with Crippen molar-refractivity contribution in [3.8, 4) is 0 Å². The molecule has 1 aliphatic rings. The Morgan fingerprint density at radius 3 is 2.66 bits per heavy atom. The van der Waals surface area contributed by atoms with Crippen molar-refractivity contribution in [1.82, 2.24) is 9.55 Å². The molecule has 1 saturated heterocycles. The van der Waals surface area contributed by atoms with E-state index in [1.165, 1.54) is 18.2 Å². The topological polar surface area (TPSA) is 134 Å². The van der Waals surface area contributed by atoms with E-state index in [1.807, 2.05) is 30.3 Å². The third-order valence-electron chi connectivity index (χ3n) is 4.91. The molecule has 1 amide bonds. The molecule has 0 radical (unpaired) electrons. The minimum Gasteiger partial charge on any atom is -0.394 e. The third-order valence-corrected chi connectivity index (χ3v) is 4.91. The van der Waals surface area contributed by atoms with E-state index in [-0.39, 0.29) is 12.2 Å². The molecule has 1 aromatic heterocycles. The molecule has 3 rings (SSSR count). The second-order valence-electron chi connectivity index (χ2n) is 6.65. The van der Waals surface area contributed by atoms with Crippen molar-refractivity contribution >= 4 is 12.1 Å². The molecule has 1 aliphatic heterocycles. The monoisotopic (exact) mass is 405 g/mol. The zero-order valence-corrected chi connectivity index (χ0v) is 15.8. The first-order valence-corrected chi connectivity index (χ1v) is 9.08. The van der Waals surface area contributed by atoms with Crippen LogP contribution in [0.5, 0.6) is 0 Å². The Balaban J connectivity index is 1.91. The van der Waals surface area contributed by atoms with Crippen LogP contribution in [0.1, 0.15) is 11.8 Å². The standard InChI is InChI=1S/C19H23N3O7/c1-28-16-15(25)14(10-23)29-18(16)22-9-13(17(26)20-19(22)27)21(11-24)8-7-12-5-3-2-4-6-12/h2-6,9,11,14-16,18,23,25H,7-8,10H2,1H3,(H,20,26,27)/t14-,15+,16-,18-/m1/s1. The summed E-state index contributed by atoms with van der Waals surface area (Å²) in [6.45, 7) is -0.254. The van der Waals surface area contributed by atoms with Crippen molar-refractivity contribution < 1.29 is 24.5 Å². The van der Waals surface area contributed by atoms with Gasteiger partial charge in [0.05, 0.1) is 6.61 Å². The van der Waals surface area contributed by atoms with Crippen LogP contribution in [-0.4, -0.2) is 64.7 Å². The van der Waals surface area contributed by atoms with Gasteiger partial charge in [-0.15, -0.1) is 0 Å². The zero-order valence-electron chi connectivity index (χ0n) is 15.8. The number of aliphatic hydroxyl groups is 2. The Bertz CT molecular complexity index is 943. The number of carbonyl (C=O) groups is 1. The van der Waals surface area contributed by atoms with Gasteiger partial charge in [-0.25, -0.2) is 4.79 Å². The number of aromatic amines is 1. The van der Waals surface area contributed by atoms with Crippen molar-refractivity contribution in [3.63, 3.8) is 0 Å². The first-order chi connectivity index (χ1) is 14.0. The lowest BCUT2D eigenvalue weighted by molar-refractivity contribution is -0.107. The number of hydrogen-bond donors (Lipinski definition) is 3. The van der Waals surface area contributed by atoms with E-state index >= 15 is 0 Å². The highest BCUT2D eigenvalue weighted by Crippen LogP contribution is 2.30. The SMILES string of the molecule is CO[C@@H]1[C@@H](O)[C@@H](CO)O[C@H]1n1cc(N(C=O)CCc2ccccc2)c(=O)[nH]c1=O. The molecule has 1 fully saturated rings. The highest BCUT2D eigenvalue weighted by atomic mass is 16.6. The summed E-state index contributed by atoms with van der Waals surface area (Å²) in [4.78, 5) is 39.7. The Morgan fingerprint density at radius 2 is 2.03 bits per heavy atom. The molecule has 0 bridgehead atoms. The molecular weight excluding hydrogens is 382 g/mol. The first-order valence-electron chi connectivity index (χ1n) is 9.08. The van der Waals surface area contributed by atoms with Gasteiger partial charge >= 0.3 is 5.69 Å². The van der Waals surface area contributed by atoms with E-state index < -0.39 is 42.4 Å². The van der Waals surface area contributed by atoms with Crippen LogP contribution < -0.4 is 16.1 Å². The second kappa shape index (κ2) is 9.14. The lowest BCUT2D eigenvalue weighted by atomic mass is 10.1. The number of aliphatic hydroxyl groups excluding tert-OH is 2. The number of ether oxygens (including phenoxy) is 2. The molecule has 1 aromatic carbocycles. The summed E-state index contributed by atoms with van der Waals surface area (Å²) >= 11 is 0. The van der Waals surface area contributed by atoms with Gasteiger partial charge in [-0.2, -0.15) is 0 Å². The Labute approximate surface area is 165 Å². The van der Waals surface area contributed by atoms with Crippen molar-refractivity contribution in [2.24, 2.45) is 0 Å². The van der Waals surface area contributed by atoms with Crippen LogP contribution in [0.2, 0.25) is 0 Å². The molecule has 0 unspecified atom stereocenters. The number of anilines is 1. The van der Waals surface area contributed by atoms with Gasteiger partial charge in [0.15, 0.2) is 6.23 Å². The maximum Gasteiger partial charge on any atom is 0.330 e. The number of nitrogens with zero attached hydrogens (tertiary/aromatic N) is 2. The van der Waals surface area contributed by atoms with Gasteiger partial charge in [0.25, 0.3) is 5.56 Å². The molecule has 0 spiro atoms. The Kier molecular flexibility index (Phi) is 6.60. The third kappa shape index (κ3) is 4.30. The summed E-state index contributed by atoms with van der Waals surface area (Å²) in [6.07, 6.45) is -1.94. The van der Waals surface area contributed by atoms with Crippen molar-refractivity contribution in [2.45, 2.75) is 31.0 Å². The van der Waals surface area contributed by atoms with E-state index in [1.54, 1.807) is 0 Å². The van der Waals surface area contributed by atoms with Gasteiger partial charge in [0.2, 0.25) is 6.41 Å². The second-order valence-corrected chi connectivity index (χ2v) is 6.65. The minimum absolute atomic E-state index is 0.0454. The van der Waals surface area contributed by atoms with E-state index in [4.69, 9.17) is 9.47 Å². The van der Waals surface area contributed by atoms with Crippen LogP contribution in [0.3, 0.4) is 0 Å². The summed E-state index contributed by atoms with van der Waals surface area (Å²) in [5.41, 5.74) is -0.573. The number of aromatic nitrogens is 2. The number of methoxy groups -OCH3 is 1. The van der Waals surface area contributed by atoms with Crippen LogP contribution >= 0.6 is 0 Å². The molecule has 3 N–H and O–H groups in total. The van der Waals surface area contributed by atoms with E-state index in [0.717, 1.165) is 10.1 Å². The fourth-order valence-electron chi connectivity index (χ4n) is 3.34. The summed E-state index contributed by atoms with van der Waals surface area (Å²) in [6, 6.07) is 9.43. The lowest BCUT2D eigenvalue weighted by Crippen LogP contribution is -2.41. The Morgan fingerprint density at radius 1 is 1.31 bits per heavy atom. The van der Waals surface area contributed by atoms with Crippen molar-refractivity contribution in [1.29, 1.82) is 0 Å². The first kappa shape index (κ1) is 20.9. The largest absolute Gasteiger partial charge is 0.394 e. The van der Waals surface area contributed by atoms with E-state index in [9.17, 15) is 24.6 Å². The molecule has 4 atom stereocenters. The lowest BCUT2D eigenvalue weighted by Gasteiger charge is -2.23. The quantitative estimate of drug-likeness (QED) is 0.480. The van der Waals surface area contributed by atoms with E-state index in [0.29, 0.717) is 12.8 Å². The molecule has 2 aromatic rings. The van der Waals surface area contributed by atoms with Crippen LogP contribution in [-0.2, 0) is 20.7 Å². The predicted molar refractivity (Wildman–Crippen MR) is 103 cm³/mol. The summed E-state index contributed by atoms with van der Waals surface area (Å²) in [5, 5.41) is 19.5. The number of amides is 1. The van der Waals surface area contributed by atoms with Gasteiger partial charge < -0.3 is 24.6 Å². The summed E-state index contributed by atoms with van der Waals surface area (Å²) in [7, 11) is 1.33. The van der Waals surface area contributed by atoms with Crippen LogP contribution in [0, 0.1) is 0 Å². The molecule has 0 aliphatic carbocycles. The average Bonchev–Trinajstić information content (AvgIpc) is 3.05. The molecule has 29 heavy (non-hydrogen) atoms. The number of hydrogen-bond acceptors (Lipinski definition) is 7. The maximum atomic E-state index is 12.4. The number of benzene rings is 1. The van der Waals surface area contributed by atoms with Crippen LogP contribution in [0.4, 0.5) is 5.69 Å². The number of H-pyrrole nitrogens is 1. The van der Waals surface area contributed by atoms with Gasteiger partial charge in [-0.3, -0.25) is 19.1 Å². The number of rotatable bonds is 8. The molecule has 10 heteroatoms. The minimum atomic E-state index is -1.17. The maximum absolute atomic E-state index is 12.4. The molecule has 10 nitrogen and oxygen atoms in total. The van der Waals surface area contributed by atoms with Gasteiger partial charge in [-0.05, 0) is 12.0 Å². The normalized spacial score (nSPS) is 23.8. The average molecular weight is 405 g/mol. The number of carbonyl (C=O) groups excluding carboxylic acids is 1. The molecule has 0 saturated carbocycles. The van der Waals surface area contributed by atoms with Gasteiger partial charge in [-0.1, -0.05) is 30.3 Å². The number of nitrogens with one attached hydrogen (secondary N) is 1. The predicted octanol–water partition coefficient (Wildman–Crippen LogP) is -0.992. The molecule has 156 valence electrons. The highest BCUT2D eigenvalue weighted by Gasteiger charge is 2.45. The Hall–Kier alpha value is -2.79. The van der Waals surface area contributed by atoms with Gasteiger partial charge in [0.1, 0.15) is 24.0 Å². The zero-order chi connectivity index (χ0) is 21.0. The molecular formula is C19H23N3O7.